The van der Waals surface area contributed by atoms with E-state index in [4.69, 9.17) is 17.3 Å². The van der Waals surface area contributed by atoms with Gasteiger partial charge < -0.3 is 11.1 Å². The second kappa shape index (κ2) is 4.98. The van der Waals surface area contributed by atoms with Crippen LogP contribution in [0.5, 0.6) is 0 Å². The average molecular weight is 228 g/mol. The van der Waals surface area contributed by atoms with Crippen molar-refractivity contribution in [1.29, 1.82) is 0 Å². The molecular weight excluding hydrogens is 214 g/mol. The molecule has 1 rings (SSSR count). The molecule has 1 unspecified atom stereocenters. The largest absolute Gasteiger partial charge is 0.384 e. The molecule has 5 heteroatoms. The fraction of sp³-hybridized carbons (Fsp3) is 0.400. The van der Waals surface area contributed by atoms with E-state index in [9.17, 15) is 4.79 Å². The minimum atomic E-state index is -0.251. The summed E-state index contributed by atoms with van der Waals surface area (Å²) in [6, 6.07) is 3.11. The molecular formula is C10H14ClN3O. The van der Waals surface area contributed by atoms with Crippen molar-refractivity contribution in [2.45, 2.75) is 26.3 Å². The lowest BCUT2D eigenvalue weighted by Crippen LogP contribution is -2.32. The van der Waals surface area contributed by atoms with Gasteiger partial charge in [0.2, 0.25) is 0 Å². The van der Waals surface area contributed by atoms with Crippen LogP contribution in [0.15, 0.2) is 12.1 Å². The predicted octanol–water partition coefficient (Wildman–Crippen LogP) is 1.85. The molecule has 0 radical (unpaired) electrons. The van der Waals surface area contributed by atoms with E-state index in [-0.39, 0.29) is 23.5 Å². The number of halogens is 1. The van der Waals surface area contributed by atoms with Crippen molar-refractivity contribution in [1.82, 2.24) is 10.3 Å². The number of hydrogen-bond donors (Lipinski definition) is 2. The first-order chi connectivity index (χ1) is 7.02. The highest BCUT2D eigenvalue weighted by molar-refractivity contribution is 6.31. The highest BCUT2D eigenvalue weighted by Gasteiger charge is 2.11. The number of carbonyl (C=O) groups excluding carboxylic acids is 1. The number of hydrogen-bond acceptors (Lipinski definition) is 3. The fourth-order valence-corrected chi connectivity index (χ4v) is 1.25. The Morgan fingerprint density at radius 1 is 1.67 bits per heavy atom. The molecule has 0 fully saturated rings. The van der Waals surface area contributed by atoms with Gasteiger partial charge in [-0.15, -0.1) is 0 Å². The van der Waals surface area contributed by atoms with Crippen LogP contribution in [-0.2, 0) is 0 Å². The number of anilines is 1. The molecule has 0 aromatic carbocycles. The number of nitrogens with zero attached hydrogens (tertiary/aromatic N) is 1. The highest BCUT2D eigenvalue weighted by Crippen LogP contribution is 2.13. The third-order valence-electron chi connectivity index (χ3n) is 2.03. The summed E-state index contributed by atoms with van der Waals surface area (Å²) in [7, 11) is 0. The Morgan fingerprint density at radius 2 is 2.33 bits per heavy atom. The Kier molecular flexibility index (Phi) is 3.91. The topological polar surface area (TPSA) is 68.0 Å². The summed E-state index contributed by atoms with van der Waals surface area (Å²) >= 11 is 5.76. The standard InChI is InChI=1S/C10H14ClN3O/c1-3-6(2)13-10(15)8-4-7(11)5-9(12)14-8/h4-6H,3H2,1-2H3,(H2,12,14)(H,13,15). The molecule has 3 N–H and O–H groups in total. The van der Waals surface area contributed by atoms with Crippen LogP contribution in [0.25, 0.3) is 0 Å². The highest BCUT2D eigenvalue weighted by atomic mass is 35.5. The summed E-state index contributed by atoms with van der Waals surface area (Å²) in [5.74, 6) is -0.00430. The molecule has 4 nitrogen and oxygen atoms in total. The summed E-state index contributed by atoms with van der Waals surface area (Å²) in [5.41, 5.74) is 5.74. The number of rotatable bonds is 3. The molecule has 0 saturated heterocycles. The summed E-state index contributed by atoms with van der Waals surface area (Å²) in [6.07, 6.45) is 0.863. The minimum absolute atomic E-state index is 0.111. The van der Waals surface area contributed by atoms with Gasteiger partial charge in [0.25, 0.3) is 5.91 Å². The first-order valence-electron chi connectivity index (χ1n) is 4.77. The number of pyridine rings is 1. The van der Waals surface area contributed by atoms with Gasteiger partial charge in [-0.2, -0.15) is 0 Å². The van der Waals surface area contributed by atoms with Crippen LogP contribution in [0, 0.1) is 0 Å². The minimum Gasteiger partial charge on any atom is -0.384 e. The fourth-order valence-electron chi connectivity index (χ4n) is 1.03. The van der Waals surface area contributed by atoms with E-state index in [0.29, 0.717) is 5.02 Å². The van der Waals surface area contributed by atoms with E-state index in [1.807, 2.05) is 13.8 Å². The third-order valence-corrected chi connectivity index (χ3v) is 2.25. The Morgan fingerprint density at radius 3 is 2.87 bits per heavy atom. The van der Waals surface area contributed by atoms with E-state index in [1.165, 1.54) is 12.1 Å². The summed E-state index contributed by atoms with van der Waals surface area (Å²) < 4.78 is 0. The monoisotopic (exact) mass is 227 g/mol. The molecule has 0 bridgehead atoms. The van der Waals surface area contributed by atoms with Gasteiger partial charge in [-0.05, 0) is 25.5 Å². The van der Waals surface area contributed by atoms with Crippen molar-refractivity contribution < 1.29 is 4.79 Å². The Bertz CT molecular complexity index is 347. The van der Waals surface area contributed by atoms with Gasteiger partial charge in [0, 0.05) is 11.1 Å². The van der Waals surface area contributed by atoms with Gasteiger partial charge in [-0.3, -0.25) is 4.79 Å². The maximum atomic E-state index is 11.6. The van der Waals surface area contributed by atoms with Gasteiger partial charge in [0.15, 0.2) is 0 Å². The van der Waals surface area contributed by atoms with E-state index in [2.05, 4.69) is 10.3 Å². The Balaban J connectivity index is 2.82. The predicted molar refractivity (Wildman–Crippen MR) is 60.9 cm³/mol. The maximum Gasteiger partial charge on any atom is 0.270 e. The van der Waals surface area contributed by atoms with Crippen LogP contribution in [0.1, 0.15) is 30.8 Å². The molecule has 1 aromatic rings. The zero-order valence-electron chi connectivity index (χ0n) is 8.75. The Labute approximate surface area is 93.8 Å². The van der Waals surface area contributed by atoms with E-state index < -0.39 is 0 Å². The SMILES string of the molecule is CCC(C)NC(=O)c1cc(Cl)cc(N)n1. The molecule has 1 heterocycles. The van der Waals surface area contributed by atoms with Crippen molar-refractivity contribution >= 4 is 23.3 Å². The Hall–Kier alpha value is -1.29. The summed E-state index contributed by atoms with van der Waals surface area (Å²) in [6.45, 7) is 3.91. The zero-order valence-corrected chi connectivity index (χ0v) is 9.51. The van der Waals surface area contributed by atoms with Crippen molar-refractivity contribution in [3.8, 4) is 0 Å². The van der Waals surface area contributed by atoms with Crippen LogP contribution in [-0.4, -0.2) is 16.9 Å². The molecule has 0 saturated carbocycles. The lowest BCUT2D eigenvalue weighted by Gasteiger charge is -2.11. The van der Waals surface area contributed by atoms with Gasteiger partial charge in [-0.25, -0.2) is 4.98 Å². The number of nitrogens with one attached hydrogen (secondary N) is 1. The number of carbonyl (C=O) groups is 1. The molecule has 0 aliphatic heterocycles. The van der Waals surface area contributed by atoms with Crippen LogP contribution in [0.2, 0.25) is 5.02 Å². The second-order valence-electron chi connectivity index (χ2n) is 3.38. The lowest BCUT2D eigenvalue weighted by atomic mass is 10.2. The molecule has 1 aromatic heterocycles. The molecule has 1 amide bonds. The van der Waals surface area contributed by atoms with E-state index in [1.54, 1.807) is 0 Å². The van der Waals surface area contributed by atoms with Crippen molar-refractivity contribution in [2.75, 3.05) is 5.73 Å². The van der Waals surface area contributed by atoms with E-state index in [0.717, 1.165) is 6.42 Å². The first kappa shape index (κ1) is 11.8. The normalized spacial score (nSPS) is 12.2. The zero-order chi connectivity index (χ0) is 11.4. The van der Waals surface area contributed by atoms with Crippen molar-refractivity contribution in [3.05, 3.63) is 22.8 Å². The number of aromatic nitrogens is 1. The molecule has 0 aliphatic rings. The average Bonchev–Trinajstić information content (AvgIpc) is 2.16. The lowest BCUT2D eigenvalue weighted by molar-refractivity contribution is 0.0934. The molecule has 1 atom stereocenters. The van der Waals surface area contributed by atoms with Gasteiger partial charge >= 0.3 is 0 Å². The van der Waals surface area contributed by atoms with E-state index >= 15 is 0 Å². The number of amides is 1. The molecule has 0 aliphatic carbocycles. The number of nitrogens with two attached hydrogens (primary N) is 1. The van der Waals surface area contributed by atoms with Crippen LogP contribution in [0.3, 0.4) is 0 Å². The van der Waals surface area contributed by atoms with Gasteiger partial charge in [0.05, 0.1) is 0 Å². The van der Waals surface area contributed by atoms with Gasteiger partial charge in [-0.1, -0.05) is 18.5 Å². The maximum absolute atomic E-state index is 11.6. The van der Waals surface area contributed by atoms with Crippen LogP contribution in [0.4, 0.5) is 5.82 Å². The van der Waals surface area contributed by atoms with Crippen LogP contribution < -0.4 is 11.1 Å². The quantitative estimate of drug-likeness (QED) is 0.828. The summed E-state index contributed by atoms with van der Waals surface area (Å²) in [4.78, 5) is 15.5. The molecule has 15 heavy (non-hydrogen) atoms. The molecule has 0 spiro atoms. The third kappa shape index (κ3) is 3.40. The molecule has 82 valence electrons. The van der Waals surface area contributed by atoms with Crippen molar-refractivity contribution in [2.24, 2.45) is 0 Å². The van der Waals surface area contributed by atoms with Crippen molar-refractivity contribution in [3.63, 3.8) is 0 Å². The van der Waals surface area contributed by atoms with Gasteiger partial charge in [0.1, 0.15) is 11.5 Å². The second-order valence-corrected chi connectivity index (χ2v) is 3.81. The number of nitrogen functional groups attached to an aromatic ring is 1. The summed E-state index contributed by atoms with van der Waals surface area (Å²) in [5, 5.41) is 3.20. The first-order valence-corrected chi connectivity index (χ1v) is 5.14. The van der Waals surface area contributed by atoms with Crippen LogP contribution >= 0.6 is 11.6 Å². The smallest absolute Gasteiger partial charge is 0.270 e.